The zero-order valence-electron chi connectivity index (χ0n) is 14.3. The van der Waals surface area contributed by atoms with Gasteiger partial charge in [0.2, 0.25) is 0 Å². The van der Waals surface area contributed by atoms with Crippen LogP contribution < -0.4 is 9.47 Å². The molecule has 0 aliphatic heterocycles. The van der Waals surface area contributed by atoms with Crippen molar-refractivity contribution in [1.29, 1.82) is 0 Å². The smallest absolute Gasteiger partial charge is 0.416 e. The van der Waals surface area contributed by atoms with E-state index in [1.807, 2.05) is 6.92 Å². The number of carbonyl (C=O) groups is 1. The van der Waals surface area contributed by atoms with Crippen molar-refractivity contribution in [2.75, 3.05) is 0 Å². The molecule has 0 radical (unpaired) electrons. The molecule has 0 unspecified atom stereocenters. The Morgan fingerprint density at radius 3 is 2.38 bits per heavy atom. The van der Waals surface area contributed by atoms with Crippen LogP contribution in [0, 0.1) is 5.82 Å². The summed E-state index contributed by atoms with van der Waals surface area (Å²) in [6.45, 7) is 2.78. The van der Waals surface area contributed by atoms with Crippen LogP contribution in [-0.2, 0) is 24.0 Å². The van der Waals surface area contributed by atoms with Gasteiger partial charge in [0.15, 0.2) is 11.6 Å². The van der Waals surface area contributed by atoms with E-state index < -0.39 is 30.1 Å². The third kappa shape index (κ3) is 4.74. The summed E-state index contributed by atoms with van der Waals surface area (Å²) < 4.78 is 64.1. The van der Waals surface area contributed by atoms with Gasteiger partial charge in [-0.05, 0) is 36.2 Å². The minimum Gasteiger partial charge on any atom is -0.486 e. The molecule has 0 heterocycles. The van der Waals surface area contributed by atoms with E-state index in [0.29, 0.717) is 6.42 Å². The van der Waals surface area contributed by atoms with Crippen LogP contribution >= 0.6 is 0 Å². The molecule has 0 saturated carbocycles. The SMILES string of the molecule is CCC(=O)Oc1cccc(C(F)(F)F)c1COc1ccc(CC)cc1F. The Balaban J connectivity index is 2.35. The quantitative estimate of drug-likeness (QED) is 0.393. The lowest BCUT2D eigenvalue weighted by molar-refractivity contribution is -0.140. The van der Waals surface area contributed by atoms with Crippen molar-refractivity contribution in [2.24, 2.45) is 0 Å². The zero-order chi connectivity index (χ0) is 19.3. The van der Waals surface area contributed by atoms with E-state index in [0.717, 1.165) is 17.7 Å². The summed E-state index contributed by atoms with van der Waals surface area (Å²) in [6, 6.07) is 7.51. The summed E-state index contributed by atoms with van der Waals surface area (Å²) >= 11 is 0. The number of aryl methyl sites for hydroxylation is 1. The van der Waals surface area contributed by atoms with Gasteiger partial charge in [0, 0.05) is 12.0 Å². The average molecular weight is 370 g/mol. The van der Waals surface area contributed by atoms with Crippen molar-refractivity contribution in [3.8, 4) is 11.5 Å². The van der Waals surface area contributed by atoms with Crippen LogP contribution in [0.25, 0.3) is 0 Å². The Morgan fingerprint density at radius 1 is 1.08 bits per heavy atom. The van der Waals surface area contributed by atoms with E-state index in [-0.39, 0.29) is 23.5 Å². The molecule has 2 aromatic carbocycles. The number of carbonyl (C=O) groups excluding carboxylic acids is 1. The van der Waals surface area contributed by atoms with Crippen LogP contribution in [0.4, 0.5) is 17.6 Å². The summed E-state index contributed by atoms with van der Waals surface area (Å²) in [5.41, 5.74) is -0.617. The van der Waals surface area contributed by atoms with Crippen molar-refractivity contribution < 1.29 is 31.8 Å². The average Bonchev–Trinajstić information content (AvgIpc) is 2.60. The van der Waals surface area contributed by atoms with Crippen molar-refractivity contribution in [3.05, 3.63) is 58.9 Å². The summed E-state index contributed by atoms with van der Waals surface area (Å²) in [6.07, 6.45) is -4.05. The minimum atomic E-state index is -4.67. The van der Waals surface area contributed by atoms with Gasteiger partial charge in [0.1, 0.15) is 12.4 Å². The van der Waals surface area contributed by atoms with E-state index >= 15 is 0 Å². The summed E-state index contributed by atoms with van der Waals surface area (Å²) in [5, 5.41) is 0. The predicted octanol–water partition coefficient (Wildman–Crippen LogP) is 5.30. The summed E-state index contributed by atoms with van der Waals surface area (Å²) in [5.74, 6) is -1.77. The number of hydrogen-bond acceptors (Lipinski definition) is 3. The summed E-state index contributed by atoms with van der Waals surface area (Å²) in [7, 11) is 0. The van der Waals surface area contributed by atoms with Gasteiger partial charge in [-0.15, -0.1) is 0 Å². The molecule has 26 heavy (non-hydrogen) atoms. The third-order valence-electron chi connectivity index (χ3n) is 3.73. The molecular weight excluding hydrogens is 352 g/mol. The molecular formula is C19H18F4O3. The minimum absolute atomic E-state index is 0.00362. The molecule has 7 heteroatoms. The first-order valence-corrected chi connectivity index (χ1v) is 8.07. The lowest BCUT2D eigenvalue weighted by Crippen LogP contribution is -2.15. The van der Waals surface area contributed by atoms with Crippen LogP contribution in [0.1, 0.15) is 37.0 Å². The van der Waals surface area contributed by atoms with Crippen molar-refractivity contribution >= 4 is 5.97 Å². The van der Waals surface area contributed by atoms with Crippen LogP contribution in [0.3, 0.4) is 0 Å². The molecule has 0 spiro atoms. The molecule has 2 rings (SSSR count). The highest BCUT2D eigenvalue weighted by atomic mass is 19.4. The fourth-order valence-corrected chi connectivity index (χ4v) is 2.30. The molecule has 0 aliphatic carbocycles. The second kappa shape index (κ2) is 8.21. The Hall–Kier alpha value is -2.57. The second-order valence-electron chi connectivity index (χ2n) is 5.51. The standard InChI is InChI=1S/C19H18F4O3/c1-3-12-8-9-17(15(20)10-12)25-11-13-14(19(21,22)23)6-5-7-16(13)26-18(24)4-2/h5-10H,3-4,11H2,1-2H3. The fraction of sp³-hybridized carbons (Fsp3) is 0.316. The monoisotopic (exact) mass is 370 g/mol. The highest BCUT2D eigenvalue weighted by molar-refractivity contribution is 5.72. The Kier molecular flexibility index (Phi) is 6.23. The number of esters is 1. The Morgan fingerprint density at radius 2 is 1.81 bits per heavy atom. The highest BCUT2D eigenvalue weighted by Crippen LogP contribution is 2.37. The molecule has 0 atom stereocenters. The maximum Gasteiger partial charge on any atom is 0.416 e. The van der Waals surface area contributed by atoms with Crippen LogP contribution in [0.2, 0.25) is 0 Å². The number of ether oxygens (including phenoxy) is 2. The molecule has 0 aromatic heterocycles. The van der Waals surface area contributed by atoms with Crippen molar-refractivity contribution in [3.63, 3.8) is 0 Å². The van der Waals surface area contributed by atoms with E-state index in [9.17, 15) is 22.4 Å². The van der Waals surface area contributed by atoms with Crippen LogP contribution in [0.15, 0.2) is 36.4 Å². The molecule has 0 saturated heterocycles. The molecule has 140 valence electrons. The third-order valence-corrected chi connectivity index (χ3v) is 3.73. The van der Waals surface area contributed by atoms with E-state index in [4.69, 9.17) is 9.47 Å². The number of hydrogen-bond donors (Lipinski definition) is 0. The maximum absolute atomic E-state index is 14.0. The first kappa shape index (κ1) is 19.8. The first-order valence-electron chi connectivity index (χ1n) is 8.07. The lowest BCUT2D eigenvalue weighted by Gasteiger charge is -2.17. The molecule has 2 aromatic rings. The van der Waals surface area contributed by atoms with Gasteiger partial charge < -0.3 is 9.47 Å². The van der Waals surface area contributed by atoms with Crippen LogP contribution in [0.5, 0.6) is 11.5 Å². The molecule has 0 aliphatic rings. The van der Waals surface area contributed by atoms with E-state index in [1.165, 1.54) is 25.1 Å². The Labute approximate surface area is 148 Å². The number of rotatable bonds is 6. The lowest BCUT2D eigenvalue weighted by atomic mass is 10.1. The fourth-order valence-electron chi connectivity index (χ4n) is 2.30. The van der Waals surface area contributed by atoms with Gasteiger partial charge in [-0.25, -0.2) is 4.39 Å². The highest BCUT2D eigenvalue weighted by Gasteiger charge is 2.35. The van der Waals surface area contributed by atoms with Crippen molar-refractivity contribution in [2.45, 2.75) is 39.5 Å². The van der Waals surface area contributed by atoms with E-state index in [2.05, 4.69) is 0 Å². The molecule has 0 amide bonds. The van der Waals surface area contributed by atoms with Gasteiger partial charge in [-0.2, -0.15) is 13.2 Å². The number of halogens is 4. The topological polar surface area (TPSA) is 35.5 Å². The molecule has 0 fully saturated rings. The second-order valence-corrected chi connectivity index (χ2v) is 5.51. The first-order chi connectivity index (χ1) is 12.3. The zero-order valence-corrected chi connectivity index (χ0v) is 14.3. The van der Waals surface area contributed by atoms with Gasteiger partial charge in [-0.1, -0.05) is 26.0 Å². The maximum atomic E-state index is 14.0. The number of alkyl halides is 3. The number of benzene rings is 2. The van der Waals surface area contributed by atoms with Gasteiger partial charge in [-0.3, -0.25) is 4.79 Å². The normalized spacial score (nSPS) is 11.3. The predicted molar refractivity (Wildman–Crippen MR) is 87.5 cm³/mol. The molecule has 0 N–H and O–H groups in total. The van der Waals surface area contributed by atoms with Gasteiger partial charge in [0.05, 0.1) is 5.56 Å². The molecule has 3 nitrogen and oxygen atoms in total. The van der Waals surface area contributed by atoms with Crippen molar-refractivity contribution in [1.82, 2.24) is 0 Å². The largest absolute Gasteiger partial charge is 0.486 e. The Bertz CT molecular complexity index is 785. The molecule has 0 bridgehead atoms. The van der Waals surface area contributed by atoms with E-state index in [1.54, 1.807) is 6.07 Å². The van der Waals surface area contributed by atoms with Crippen LogP contribution in [-0.4, -0.2) is 5.97 Å². The van der Waals surface area contributed by atoms with Gasteiger partial charge in [0.25, 0.3) is 0 Å². The van der Waals surface area contributed by atoms with Gasteiger partial charge >= 0.3 is 12.1 Å². The summed E-state index contributed by atoms with van der Waals surface area (Å²) in [4.78, 5) is 11.5.